The van der Waals surface area contributed by atoms with E-state index >= 15 is 0 Å². The van der Waals surface area contributed by atoms with Gasteiger partial charge in [0.2, 0.25) is 23.6 Å². The molecule has 0 saturated carbocycles. The highest BCUT2D eigenvalue weighted by Gasteiger charge is 2.27. The van der Waals surface area contributed by atoms with Crippen molar-refractivity contribution >= 4 is 11.8 Å². The van der Waals surface area contributed by atoms with E-state index in [4.69, 9.17) is 4.42 Å². The molecule has 3 aromatic rings. The van der Waals surface area contributed by atoms with Crippen LogP contribution in [0.5, 0.6) is 0 Å². The number of benzene rings is 2. The van der Waals surface area contributed by atoms with Crippen LogP contribution < -0.4 is 5.32 Å². The van der Waals surface area contributed by atoms with Crippen LogP contribution in [0.1, 0.15) is 36.3 Å². The molecule has 178 valence electrons. The van der Waals surface area contributed by atoms with Gasteiger partial charge in [-0.05, 0) is 49.9 Å². The molecular formula is C26H29FN4O3. The van der Waals surface area contributed by atoms with Crippen LogP contribution in [0.25, 0.3) is 11.5 Å². The SMILES string of the molecule is Cc1ccc(-c2nnc(CCC(=O)N3CCC(C(=O)NCCc4ccccc4F)CC3)o2)cc1. The molecule has 2 amide bonds. The van der Waals surface area contributed by atoms with E-state index in [-0.39, 0.29) is 30.0 Å². The van der Waals surface area contributed by atoms with Crippen molar-refractivity contribution in [2.24, 2.45) is 5.92 Å². The van der Waals surface area contributed by atoms with Gasteiger partial charge in [-0.2, -0.15) is 0 Å². The molecule has 0 atom stereocenters. The molecule has 8 heteroatoms. The number of rotatable bonds is 8. The minimum absolute atomic E-state index is 0.0218. The number of carbonyl (C=O) groups is 2. The van der Waals surface area contributed by atoms with Crippen LogP contribution >= 0.6 is 0 Å². The normalized spacial score (nSPS) is 14.2. The summed E-state index contributed by atoms with van der Waals surface area (Å²) in [6, 6.07) is 14.4. The summed E-state index contributed by atoms with van der Waals surface area (Å²) in [6.45, 7) is 3.50. The second-order valence-corrected chi connectivity index (χ2v) is 8.65. The molecule has 0 unspecified atom stereocenters. The van der Waals surface area contributed by atoms with Gasteiger partial charge in [0, 0.05) is 44.0 Å². The fourth-order valence-corrected chi connectivity index (χ4v) is 4.10. The molecule has 4 rings (SSSR count). The number of halogens is 1. The summed E-state index contributed by atoms with van der Waals surface area (Å²) in [5.74, 6) is 0.497. The Hall–Kier alpha value is -3.55. The average Bonchev–Trinajstić information content (AvgIpc) is 3.33. The average molecular weight is 465 g/mol. The highest BCUT2D eigenvalue weighted by atomic mass is 19.1. The summed E-state index contributed by atoms with van der Waals surface area (Å²) in [7, 11) is 0. The molecule has 1 aliphatic rings. The Morgan fingerprint density at radius 2 is 1.79 bits per heavy atom. The van der Waals surface area contributed by atoms with Crippen LogP contribution in [-0.4, -0.2) is 46.5 Å². The summed E-state index contributed by atoms with van der Waals surface area (Å²) in [5.41, 5.74) is 2.60. The van der Waals surface area contributed by atoms with E-state index in [0.717, 1.165) is 11.1 Å². The van der Waals surface area contributed by atoms with Crippen molar-refractivity contribution in [2.75, 3.05) is 19.6 Å². The quantitative estimate of drug-likeness (QED) is 0.549. The first-order valence-corrected chi connectivity index (χ1v) is 11.7. The lowest BCUT2D eigenvalue weighted by molar-refractivity contribution is -0.135. The number of piperidine rings is 1. The Balaban J connectivity index is 1.17. The molecule has 1 aliphatic heterocycles. The number of hydrogen-bond donors (Lipinski definition) is 1. The van der Waals surface area contributed by atoms with E-state index in [2.05, 4.69) is 15.5 Å². The number of hydrogen-bond acceptors (Lipinski definition) is 5. The molecule has 34 heavy (non-hydrogen) atoms. The molecule has 0 bridgehead atoms. The zero-order valence-electron chi connectivity index (χ0n) is 19.3. The Kier molecular flexibility index (Phi) is 7.67. The minimum Gasteiger partial charge on any atom is -0.421 e. The molecule has 2 heterocycles. The van der Waals surface area contributed by atoms with E-state index in [0.29, 0.717) is 62.7 Å². The van der Waals surface area contributed by atoms with Crippen molar-refractivity contribution in [1.82, 2.24) is 20.4 Å². The third-order valence-corrected chi connectivity index (χ3v) is 6.19. The lowest BCUT2D eigenvalue weighted by atomic mass is 9.95. The number of aromatic nitrogens is 2. The van der Waals surface area contributed by atoms with E-state index in [1.165, 1.54) is 6.07 Å². The molecular weight excluding hydrogens is 435 g/mol. The Labute approximate surface area is 198 Å². The maximum Gasteiger partial charge on any atom is 0.247 e. The van der Waals surface area contributed by atoms with Gasteiger partial charge in [0.1, 0.15) is 5.82 Å². The lowest BCUT2D eigenvalue weighted by Crippen LogP contribution is -2.43. The van der Waals surface area contributed by atoms with Crippen molar-refractivity contribution in [3.05, 3.63) is 71.4 Å². The Morgan fingerprint density at radius 3 is 2.53 bits per heavy atom. The Bertz CT molecular complexity index is 1120. The molecule has 0 radical (unpaired) electrons. The second-order valence-electron chi connectivity index (χ2n) is 8.65. The molecule has 1 N–H and O–H groups in total. The van der Waals surface area contributed by atoms with Gasteiger partial charge in [-0.15, -0.1) is 10.2 Å². The second kappa shape index (κ2) is 11.0. The largest absolute Gasteiger partial charge is 0.421 e. The fraction of sp³-hybridized carbons (Fsp3) is 0.385. The van der Waals surface area contributed by atoms with Gasteiger partial charge in [-0.1, -0.05) is 35.9 Å². The third-order valence-electron chi connectivity index (χ3n) is 6.19. The van der Waals surface area contributed by atoms with Gasteiger partial charge in [-0.3, -0.25) is 9.59 Å². The predicted molar refractivity (Wildman–Crippen MR) is 125 cm³/mol. The fourth-order valence-electron chi connectivity index (χ4n) is 4.10. The highest BCUT2D eigenvalue weighted by Crippen LogP contribution is 2.21. The summed E-state index contributed by atoms with van der Waals surface area (Å²) in [4.78, 5) is 26.9. The lowest BCUT2D eigenvalue weighted by Gasteiger charge is -2.31. The number of nitrogens with zero attached hydrogens (tertiary/aromatic N) is 3. The molecule has 2 aromatic carbocycles. The van der Waals surface area contributed by atoms with Crippen LogP contribution in [0.2, 0.25) is 0 Å². The molecule has 1 saturated heterocycles. The molecule has 1 fully saturated rings. The maximum atomic E-state index is 13.7. The molecule has 0 spiro atoms. The maximum absolute atomic E-state index is 13.7. The van der Waals surface area contributed by atoms with Crippen LogP contribution in [0.15, 0.2) is 52.9 Å². The highest BCUT2D eigenvalue weighted by molar-refractivity contribution is 5.80. The summed E-state index contributed by atoms with van der Waals surface area (Å²) >= 11 is 0. The van der Waals surface area contributed by atoms with Gasteiger partial charge in [-0.25, -0.2) is 4.39 Å². The number of likely N-dealkylation sites (tertiary alicyclic amines) is 1. The predicted octanol–water partition coefficient (Wildman–Crippen LogP) is 3.71. The topological polar surface area (TPSA) is 88.3 Å². The summed E-state index contributed by atoms with van der Waals surface area (Å²) in [5, 5.41) is 11.0. The zero-order valence-corrected chi connectivity index (χ0v) is 19.3. The van der Waals surface area contributed by atoms with Crippen LogP contribution in [0.4, 0.5) is 4.39 Å². The van der Waals surface area contributed by atoms with Gasteiger partial charge < -0.3 is 14.6 Å². The van der Waals surface area contributed by atoms with E-state index in [1.54, 1.807) is 23.1 Å². The smallest absolute Gasteiger partial charge is 0.247 e. The molecule has 7 nitrogen and oxygen atoms in total. The molecule has 0 aliphatic carbocycles. The van der Waals surface area contributed by atoms with Crippen molar-refractivity contribution in [3.8, 4) is 11.5 Å². The van der Waals surface area contributed by atoms with Gasteiger partial charge in [0.05, 0.1) is 0 Å². The first kappa shape index (κ1) is 23.6. The first-order chi connectivity index (χ1) is 16.5. The van der Waals surface area contributed by atoms with Crippen LogP contribution in [-0.2, 0) is 22.4 Å². The number of amides is 2. The van der Waals surface area contributed by atoms with E-state index < -0.39 is 0 Å². The number of carbonyl (C=O) groups excluding carboxylic acids is 2. The number of nitrogens with one attached hydrogen (secondary N) is 1. The summed E-state index contributed by atoms with van der Waals surface area (Å²) in [6.07, 6.45) is 2.37. The number of aryl methyl sites for hydroxylation is 2. The van der Waals surface area contributed by atoms with Crippen LogP contribution in [0.3, 0.4) is 0 Å². The molecule has 1 aromatic heterocycles. The minimum atomic E-state index is -0.254. The zero-order chi connectivity index (χ0) is 23.9. The van der Waals surface area contributed by atoms with Gasteiger partial charge in [0.15, 0.2) is 0 Å². The van der Waals surface area contributed by atoms with E-state index in [9.17, 15) is 14.0 Å². The Morgan fingerprint density at radius 1 is 1.06 bits per heavy atom. The standard InChI is InChI=1S/C26H29FN4O3/c1-18-6-8-21(9-7-18)26-30-29-23(34-26)10-11-24(32)31-16-13-20(14-17-31)25(33)28-15-12-19-4-2-3-5-22(19)27/h2-9,20H,10-17H2,1H3,(H,28,33). The van der Waals surface area contributed by atoms with Crippen molar-refractivity contribution < 1.29 is 18.4 Å². The van der Waals surface area contributed by atoms with Crippen molar-refractivity contribution in [2.45, 2.75) is 39.0 Å². The summed E-state index contributed by atoms with van der Waals surface area (Å²) < 4.78 is 19.4. The van der Waals surface area contributed by atoms with Crippen molar-refractivity contribution in [3.63, 3.8) is 0 Å². The third kappa shape index (κ3) is 6.07. The van der Waals surface area contributed by atoms with Crippen molar-refractivity contribution in [1.29, 1.82) is 0 Å². The van der Waals surface area contributed by atoms with Crippen LogP contribution in [0, 0.1) is 18.7 Å². The first-order valence-electron chi connectivity index (χ1n) is 11.7. The monoisotopic (exact) mass is 464 g/mol. The van der Waals surface area contributed by atoms with Gasteiger partial charge >= 0.3 is 0 Å². The van der Waals surface area contributed by atoms with E-state index in [1.807, 2.05) is 31.2 Å². The van der Waals surface area contributed by atoms with Gasteiger partial charge in [0.25, 0.3) is 0 Å².